The number of carbonyl (C=O) groups is 2. The average molecular weight is 474 g/mol. The molecule has 0 atom stereocenters. The Morgan fingerprint density at radius 3 is 2.56 bits per heavy atom. The van der Waals surface area contributed by atoms with Crippen molar-refractivity contribution in [1.82, 2.24) is 25.4 Å². The highest BCUT2D eigenvalue weighted by Gasteiger charge is 2.32. The predicted octanol–water partition coefficient (Wildman–Crippen LogP) is 2.45. The van der Waals surface area contributed by atoms with Crippen LogP contribution in [0, 0.1) is 0 Å². The van der Waals surface area contributed by atoms with Crippen LogP contribution >= 0.6 is 0 Å². The molecule has 2 N–H and O–H groups in total. The zero-order chi connectivity index (χ0) is 24.5. The van der Waals surface area contributed by atoms with Crippen LogP contribution in [-0.2, 0) is 16.1 Å². The van der Waals surface area contributed by atoms with Crippen molar-refractivity contribution in [3.05, 3.63) is 54.9 Å². The van der Waals surface area contributed by atoms with Crippen LogP contribution in [-0.4, -0.2) is 52.1 Å². The third-order valence-corrected chi connectivity index (χ3v) is 5.18. The van der Waals surface area contributed by atoms with Gasteiger partial charge in [0.2, 0.25) is 11.8 Å². The van der Waals surface area contributed by atoms with Gasteiger partial charge in [0.05, 0.1) is 35.0 Å². The Balaban J connectivity index is 1.71. The summed E-state index contributed by atoms with van der Waals surface area (Å²) in [6.45, 7) is 6.16. The molecule has 9 nitrogen and oxygen atoms in total. The summed E-state index contributed by atoms with van der Waals surface area (Å²) in [5.74, 6) is -0.844. The second kappa shape index (κ2) is 9.04. The number of halogens is 3. The summed E-state index contributed by atoms with van der Waals surface area (Å²) in [5, 5.41) is 10.8. The molecule has 12 heteroatoms. The number of fused-ring (bicyclic) bond motifs is 1. The highest BCUT2D eigenvalue weighted by atomic mass is 19.4. The molecular formula is C22H21F3N6O3. The van der Waals surface area contributed by atoms with Crippen molar-refractivity contribution in [3.63, 3.8) is 0 Å². The van der Waals surface area contributed by atoms with Crippen LogP contribution < -0.4 is 20.3 Å². The molecule has 0 saturated carbocycles. The zero-order valence-electron chi connectivity index (χ0n) is 18.1. The molecule has 1 saturated heterocycles. The first-order valence-electron chi connectivity index (χ1n) is 10.3. The van der Waals surface area contributed by atoms with E-state index in [4.69, 9.17) is 0 Å². The van der Waals surface area contributed by atoms with Crippen molar-refractivity contribution in [1.29, 1.82) is 0 Å². The minimum absolute atomic E-state index is 0.0147. The predicted molar refractivity (Wildman–Crippen MR) is 117 cm³/mol. The van der Waals surface area contributed by atoms with Gasteiger partial charge >= 0.3 is 6.36 Å². The van der Waals surface area contributed by atoms with E-state index in [1.807, 2.05) is 6.07 Å². The molecule has 2 aromatic heterocycles. The molecule has 178 valence electrons. The summed E-state index contributed by atoms with van der Waals surface area (Å²) in [4.78, 5) is 29.6. The van der Waals surface area contributed by atoms with Crippen molar-refractivity contribution in [2.45, 2.75) is 25.9 Å². The summed E-state index contributed by atoms with van der Waals surface area (Å²) in [6.07, 6.45) is -2.04. The maximum Gasteiger partial charge on any atom is 0.573 e. The lowest BCUT2D eigenvalue weighted by Crippen LogP contribution is -2.59. The third-order valence-electron chi connectivity index (χ3n) is 5.18. The lowest BCUT2D eigenvalue weighted by atomic mass is 10.1. The number of alkyl halides is 3. The van der Waals surface area contributed by atoms with Crippen molar-refractivity contribution < 1.29 is 27.5 Å². The topological polar surface area (TPSA) is 101 Å². The average Bonchev–Trinajstić information content (AvgIpc) is 3.12. The van der Waals surface area contributed by atoms with Gasteiger partial charge in [0.25, 0.3) is 0 Å². The van der Waals surface area contributed by atoms with E-state index in [0.717, 1.165) is 11.8 Å². The Bertz CT molecular complexity index is 1230. The monoisotopic (exact) mass is 474 g/mol. The first-order valence-corrected chi connectivity index (χ1v) is 10.3. The fourth-order valence-electron chi connectivity index (χ4n) is 3.75. The van der Waals surface area contributed by atoms with Crippen LogP contribution in [0.4, 0.5) is 18.9 Å². The molecule has 0 bridgehead atoms. The minimum atomic E-state index is -4.79. The largest absolute Gasteiger partial charge is 0.573 e. The van der Waals surface area contributed by atoms with Gasteiger partial charge in [-0.15, -0.1) is 13.2 Å². The molecule has 1 aliphatic rings. The summed E-state index contributed by atoms with van der Waals surface area (Å²) in [7, 11) is 0. The molecule has 34 heavy (non-hydrogen) atoms. The van der Waals surface area contributed by atoms with Crippen molar-refractivity contribution in [2.24, 2.45) is 0 Å². The van der Waals surface area contributed by atoms with Crippen molar-refractivity contribution in [2.75, 3.05) is 18.0 Å². The van der Waals surface area contributed by atoms with Gasteiger partial charge in [-0.3, -0.25) is 9.59 Å². The van der Waals surface area contributed by atoms with E-state index in [1.165, 1.54) is 35.9 Å². The molecule has 1 aliphatic heterocycles. The molecule has 0 spiro atoms. The fourth-order valence-corrected chi connectivity index (χ4v) is 3.75. The van der Waals surface area contributed by atoms with Gasteiger partial charge in [0, 0.05) is 26.2 Å². The molecule has 3 heterocycles. The van der Waals surface area contributed by atoms with Crippen molar-refractivity contribution in [3.8, 4) is 11.4 Å². The molecule has 3 aromatic rings. The number of rotatable bonds is 7. The Morgan fingerprint density at radius 1 is 1.24 bits per heavy atom. The number of pyridine rings is 1. The number of ether oxygens (including phenoxy) is 1. The summed E-state index contributed by atoms with van der Waals surface area (Å²) >= 11 is 0. The number of benzene rings is 1. The maximum atomic E-state index is 12.5. The molecule has 2 amide bonds. The molecule has 1 aromatic carbocycles. The van der Waals surface area contributed by atoms with Crippen molar-refractivity contribution >= 4 is 28.5 Å². The number of nitrogens with zero attached hydrogens (tertiary/aromatic N) is 4. The number of amides is 2. The number of carbonyl (C=O) groups excluding carboxylic acids is 2. The van der Waals surface area contributed by atoms with Crippen LogP contribution in [0.1, 0.15) is 12.6 Å². The first-order chi connectivity index (χ1) is 16.1. The van der Waals surface area contributed by atoms with Gasteiger partial charge in [0.15, 0.2) is 5.65 Å². The minimum Gasteiger partial charge on any atom is -0.406 e. The number of hydrogen-bond donors (Lipinski definition) is 2. The Morgan fingerprint density at radius 2 is 1.94 bits per heavy atom. The van der Waals surface area contributed by atoms with E-state index < -0.39 is 6.36 Å². The molecule has 4 rings (SSSR count). The summed E-state index contributed by atoms with van der Waals surface area (Å²) in [5.41, 5.74) is 2.27. The quantitative estimate of drug-likeness (QED) is 0.510. The maximum absolute atomic E-state index is 12.5. The van der Waals surface area contributed by atoms with Gasteiger partial charge in [-0.25, -0.2) is 9.67 Å². The van der Waals surface area contributed by atoms with E-state index in [1.54, 1.807) is 6.20 Å². The number of hydrogen-bond acceptors (Lipinski definition) is 6. The summed E-state index contributed by atoms with van der Waals surface area (Å²) < 4.78 is 42.9. The molecular weight excluding hydrogens is 453 g/mol. The fraction of sp³-hybridized carbons (Fsp3) is 0.273. The standard InChI is InChI=1S/C22H21F3N6O3/c1-3-19(33)27-10-17-20-18(30-11-14(12-30)28-13(2)32)8-9-26-21(20)31(29-17)15-4-6-16(7-5-15)34-22(23,24)25/h3-9,14H,1,10-12H2,2H3,(H,27,33)(H,28,32). The molecule has 0 aliphatic carbocycles. The van der Waals surface area contributed by atoms with E-state index in [2.05, 4.69) is 36.9 Å². The normalized spacial score (nSPS) is 13.9. The van der Waals surface area contributed by atoms with Crippen LogP contribution in [0.3, 0.4) is 0 Å². The highest BCUT2D eigenvalue weighted by Crippen LogP contribution is 2.33. The number of aromatic nitrogens is 3. The lowest BCUT2D eigenvalue weighted by Gasteiger charge is -2.41. The molecule has 0 radical (unpaired) electrons. The molecule has 0 unspecified atom stereocenters. The second-order valence-corrected chi connectivity index (χ2v) is 7.65. The summed E-state index contributed by atoms with van der Waals surface area (Å²) in [6, 6.07) is 7.08. The van der Waals surface area contributed by atoms with Gasteiger partial charge in [-0.1, -0.05) is 6.58 Å². The smallest absolute Gasteiger partial charge is 0.406 e. The van der Waals surface area contributed by atoms with Gasteiger partial charge in [-0.2, -0.15) is 5.10 Å². The lowest BCUT2D eigenvalue weighted by molar-refractivity contribution is -0.274. The second-order valence-electron chi connectivity index (χ2n) is 7.65. The number of anilines is 1. The van der Waals surface area contributed by atoms with Crippen LogP contribution in [0.25, 0.3) is 16.7 Å². The Kier molecular flexibility index (Phi) is 6.14. The third kappa shape index (κ3) is 4.95. The van der Waals surface area contributed by atoms with Gasteiger partial charge in [-0.05, 0) is 36.4 Å². The Hall–Kier alpha value is -4.09. The molecule has 1 fully saturated rings. The Labute approximate surface area is 192 Å². The SMILES string of the molecule is C=CC(=O)NCc1nn(-c2ccc(OC(F)(F)F)cc2)c2nccc(N3CC(NC(C)=O)C3)c12. The van der Waals surface area contributed by atoms with E-state index >= 15 is 0 Å². The van der Waals surface area contributed by atoms with Crippen LogP contribution in [0.2, 0.25) is 0 Å². The zero-order valence-corrected chi connectivity index (χ0v) is 18.1. The van der Waals surface area contributed by atoms with Gasteiger partial charge in [0.1, 0.15) is 5.75 Å². The van der Waals surface area contributed by atoms with Gasteiger partial charge < -0.3 is 20.3 Å². The van der Waals surface area contributed by atoms with Crippen LogP contribution in [0.15, 0.2) is 49.2 Å². The first kappa shape index (κ1) is 23.1. The highest BCUT2D eigenvalue weighted by molar-refractivity contribution is 5.94. The van der Waals surface area contributed by atoms with E-state index in [-0.39, 0.29) is 30.2 Å². The van der Waals surface area contributed by atoms with E-state index in [9.17, 15) is 22.8 Å². The number of nitrogens with one attached hydrogen (secondary N) is 2. The van der Waals surface area contributed by atoms with Crippen LogP contribution in [0.5, 0.6) is 5.75 Å². The van der Waals surface area contributed by atoms with E-state index in [0.29, 0.717) is 35.5 Å².